The lowest BCUT2D eigenvalue weighted by molar-refractivity contribution is -0.120. The van der Waals surface area contributed by atoms with Gasteiger partial charge in [-0.3, -0.25) is 4.79 Å². The normalized spacial score (nSPS) is 11.6. The van der Waals surface area contributed by atoms with Crippen LogP contribution in [0.25, 0.3) is 10.9 Å². The highest BCUT2D eigenvalue weighted by molar-refractivity contribution is 7.88. The Kier molecular flexibility index (Phi) is 4.87. The number of para-hydroxylation sites is 1. The van der Waals surface area contributed by atoms with E-state index in [9.17, 15) is 13.2 Å². The zero-order valence-corrected chi connectivity index (χ0v) is 14.3. The van der Waals surface area contributed by atoms with Crippen LogP contribution in [0.2, 0.25) is 0 Å². The minimum absolute atomic E-state index is 0.0710. The molecular formula is C18H19N3O3S. The van der Waals surface area contributed by atoms with Crippen LogP contribution in [0.15, 0.2) is 54.7 Å². The number of hydrogen-bond donors (Lipinski definition) is 3. The van der Waals surface area contributed by atoms with Crippen LogP contribution >= 0.6 is 0 Å². The van der Waals surface area contributed by atoms with Gasteiger partial charge in [0, 0.05) is 23.6 Å². The van der Waals surface area contributed by atoms with Gasteiger partial charge in [0.05, 0.1) is 12.2 Å². The van der Waals surface area contributed by atoms with E-state index in [1.807, 2.05) is 30.5 Å². The quantitative estimate of drug-likeness (QED) is 0.626. The van der Waals surface area contributed by atoms with Crippen LogP contribution < -0.4 is 10.5 Å². The van der Waals surface area contributed by atoms with Crippen molar-refractivity contribution >= 4 is 26.8 Å². The second kappa shape index (κ2) is 7.08. The highest BCUT2D eigenvalue weighted by Gasteiger charge is 2.09. The van der Waals surface area contributed by atoms with Crippen LogP contribution in [-0.4, -0.2) is 19.3 Å². The Morgan fingerprint density at radius 2 is 1.72 bits per heavy atom. The van der Waals surface area contributed by atoms with Crippen molar-refractivity contribution < 1.29 is 13.2 Å². The number of nitrogens with two attached hydrogens (primary N) is 1. The van der Waals surface area contributed by atoms with E-state index in [0.29, 0.717) is 18.5 Å². The topological polar surface area (TPSA) is 105 Å². The van der Waals surface area contributed by atoms with Crippen LogP contribution in [0, 0.1) is 0 Å². The van der Waals surface area contributed by atoms with Crippen LogP contribution in [0.1, 0.15) is 16.7 Å². The van der Waals surface area contributed by atoms with Gasteiger partial charge < -0.3 is 10.3 Å². The zero-order chi connectivity index (χ0) is 17.9. The van der Waals surface area contributed by atoms with Crippen molar-refractivity contribution in [3.8, 4) is 0 Å². The monoisotopic (exact) mass is 357 g/mol. The molecule has 1 aromatic heterocycles. The van der Waals surface area contributed by atoms with E-state index in [1.54, 1.807) is 24.3 Å². The predicted octanol–water partition coefficient (Wildman–Crippen LogP) is 1.82. The van der Waals surface area contributed by atoms with Gasteiger partial charge in [-0.05, 0) is 22.8 Å². The molecule has 0 radical (unpaired) electrons. The highest BCUT2D eigenvalue weighted by Crippen LogP contribution is 2.18. The molecule has 0 aliphatic rings. The molecule has 0 unspecified atom stereocenters. The third-order valence-corrected chi connectivity index (χ3v) is 4.64. The molecule has 3 rings (SSSR count). The fourth-order valence-corrected chi connectivity index (χ4v) is 3.36. The molecule has 0 aliphatic heterocycles. The van der Waals surface area contributed by atoms with E-state index in [0.717, 1.165) is 22.0 Å². The molecule has 2 aromatic carbocycles. The maximum Gasteiger partial charge on any atom is 0.224 e. The number of rotatable bonds is 6. The Morgan fingerprint density at radius 3 is 2.44 bits per heavy atom. The Bertz CT molecular complexity index is 992. The first-order chi connectivity index (χ1) is 11.9. The molecule has 0 saturated carbocycles. The van der Waals surface area contributed by atoms with E-state index >= 15 is 0 Å². The number of sulfonamides is 1. The van der Waals surface area contributed by atoms with E-state index in [-0.39, 0.29) is 11.7 Å². The van der Waals surface area contributed by atoms with Gasteiger partial charge in [-0.2, -0.15) is 0 Å². The summed E-state index contributed by atoms with van der Waals surface area (Å²) in [6, 6.07) is 14.8. The van der Waals surface area contributed by atoms with Crippen molar-refractivity contribution in [2.24, 2.45) is 5.14 Å². The SMILES string of the molecule is NS(=O)(=O)Cc1ccc(CNC(=O)Cc2c[nH]c3ccccc23)cc1. The summed E-state index contributed by atoms with van der Waals surface area (Å²) in [6.07, 6.45) is 2.15. The molecule has 1 amide bonds. The van der Waals surface area contributed by atoms with Crippen molar-refractivity contribution in [2.45, 2.75) is 18.7 Å². The smallest absolute Gasteiger partial charge is 0.224 e. The Hall–Kier alpha value is -2.64. The number of aromatic amines is 1. The first-order valence-corrected chi connectivity index (χ1v) is 9.52. The van der Waals surface area contributed by atoms with Gasteiger partial charge in [-0.15, -0.1) is 0 Å². The summed E-state index contributed by atoms with van der Waals surface area (Å²) in [5.41, 5.74) is 3.48. The molecule has 0 fully saturated rings. The Labute approximate surface area is 146 Å². The molecule has 4 N–H and O–H groups in total. The number of H-pyrrole nitrogens is 1. The van der Waals surface area contributed by atoms with E-state index in [4.69, 9.17) is 5.14 Å². The second-order valence-electron chi connectivity index (χ2n) is 5.94. The van der Waals surface area contributed by atoms with Crippen LogP contribution in [-0.2, 0) is 33.5 Å². The van der Waals surface area contributed by atoms with Crippen LogP contribution in [0.4, 0.5) is 0 Å². The number of aromatic nitrogens is 1. The number of hydrogen-bond acceptors (Lipinski definition) is 3. The Balaban J connectivity index is 1.57. The van der Waals surface area contributed by atoms with Gasteiger partial charge in [-0.25, -0.2) is 13.6 Å². The molecule has 0 atom stereocenters. The standard InChI is InChI=1S/C18H19N3O3S/c19-25(23,24)12-14-7-5-13(6-8-14)10-21-18(22)9-15-11-20-17-4-2-1-3-16(15)17/h1-8,11,20H,9-10,12H2,(H,21,22)(H2,19,23,24). The summed E-state index contributed by atoms with van der Waals surface area (Å²) in [5.74, 6) is -0.265. The third-order valence-electron chi connectivity index (χ3n) is 3.91. The lowest BCUT2D eigenvalue weighted by Gasteiger charge is -2.06. The minimum atomic E-state index is -3.54. The zero-order valence-electron chi connectivity index (χ0n) is 13.5. The van der Waals surface area contributed by atoms with E-state index in [1.165, 1.54) is 0 Å². The molecule has 7 heteroatoms. The molecule has 0 saturated heterocycles. The molecule has 0 bridgehead atoms. The fraction of sp³-hybridized carbons (Fsp3) is 0.167. The van der Waals surface area contributed by atoms with Crippen molar-refractivity contribution in [3.05, 3.63) is 71.4 Å². The fourth-order valence-electron chi connectivity index (χ4n) is 2.70. The number of primary sulfonamides is 1. The van der Waals surface area contributed by atoms with Crippen molar-refractivity contribution in [1.82, 2.24) is 10.3 Å². The van der Waals surface area contributed by atoms with Crippen LogP contribution in [0.5, 0.6) is 0 Å². The van der Waals surface area contributed by atoms with Crippen molar-refractivity contribution in [3.63, 3.8) is 0 Å². The molecule has 3 aromatic rings. The molecule has 130 valence electrons. The van der Waals surface area contributed by atoms with Crippen molar-refractivity contribution in [2.75, 3.05) is 0 Å². The summed E-state index contributed by atoms with van der Waals surface area (Å²) >= 11 is 0. The second-order valence-corrected chi connectivity index (χ2v) is 7.55. The van der Waals surface area contributed by atoms with Gasteiger partial charge >= 0.3 is 0 Å². The van der Waals surface area contributed by atoms with Gasteiger partial charge in [0.2, 0.25) is 15.9 Å². The number of benzene rings is 2. The van der Waals surface area contributed by atoms with Gasteiger partial charge in [0.25, 0.3) is 0 Å². The predicted molar refractivity (Wildman–Crippen MR) is 97.1 cm³/mol. The third kappa shape index (κ3) is 4.68. The summed E-state index contributed by atoms with van der Waals surface area (Å²) < 4.78 is 22.1. The lowest BCUT2D eigenvalue weighted by atomic mass is 10.1. The number of fused-ring (bicyclic) bond motifs is 1. The van der Waals surface area contributed by atoms with Gasteiger partial charge in [0.15, 0.2) is 0 Å². The molecule has 1 heterocycles. The van der Waals surface area contributed by atoms with Crippen molar-refractivity contribution in [1.29, 1.82) is 0 Å². The summed E-state index contributed by atoms with van der Waals surface area (Å²) in [4.78, 5) is 15.3. The largest absolute Gasteiger partial charge is 0.361 e. The lowest BCUT2D eigenvalue weighted by Crippen LogP contribution is -2.24. The first-order valence-electron chi connectivity index (χ1n) is 7.81. The molecule has 0 spiro atoms. The minimum Gasteiger partial charge on any atom is -0.361 e. The number of carbonyl (C=O) groups excluding carboxylic acids is 1. The Morgan fingerprint density at radius 1 is 1.04 bits per heavy atom. The average molecular weight is 357 g/mol. The molecule has 25 heavy (non-hydrogen) atoms. The molecular weight excluding hydrogens is 338 g/mol. The first kappa shape index (κ1) is 17.2. The number of amides is 1. The number of nitrogens with one attached hydrogen (secondary N) is 2. The van der Waals surface area contributed by atoms with Gasteiger partial charge in [-0.1, -0.05) is 42.5 Å². The summed E-state index contributed by atoms with van der Waals surface area (Å²) in [6.45, 7) is 0.386. The summed E-state index contributed by atoms with van der Waals surface area (Å²) in [7, 11) is -3.54. The number of carbonyl (C=O) groups is 1. The molecule has 0 aliphatic carbocycles. The summed E-state index contributed by atoms with van der Waals surface area (Å²) in [5, 5.41) is 8.94. The molecule has 6 nitrogen and oxygen atoms in total. The maximum atomic E-state index is 12.2. The van der Waals surface area contributed by atoms with E-state index < -0.39 is 10.0 Å². The average Bonchev–Trinajstić information content (AvgIpc) is 2.96. The van der Waals surface area contributed by atoms with Crippen LogP contribution in [0.3, 0.4) is 0 Å². The maximum absolute atomic E-state index is 12.2. The highest BCUT2D eigenvalue weighted by atomic mass is 32.2. The van der Waals surface area contributed by atoms with E-state index in [2.05, 4.69) is 10.3 Å². The van der Waals surface area contributed by atoms with Gasteiger partial charge in [0.1, 0.15) is 0 Å².